The quantitative estimate of drug-likeness (QED) is 0.793. The SMILES string of the molecule is Cc1nc(CCCC(=O)N2CCCC[C@H]2CN2CCCC2=O)cs1. The number of rotatable bonds is 6. The maximum Gasteiger partial charge on any atom is 0.222 e. The predicted molar refractivity (Wildman–Crippen MR) is 95.0 cm³/mol. The molecule has 2 amide bonds. The summed E-state index contributed by atoms with van der Waals surface area (Å²) >= 11 is 1.67. The molecule has 0 N–H and O–H groups in total. The van der Waals surface area contributed by atoms with Crippen LogP contribution in [0.15, 0.2) is 5.38 Å². The van der Waals surface area contributed by atoms with Crippen molar-refractivity contribution in [2.45, 2.75) is 64.3 Å². The number of likely N-dealkylation sites (tertiary alicyclic amines) is 2. The Hall–Kier alpha value is -1.43. The molecule has 0 radical (unpaired) electrons. The van der Waals surface area contributed by atoms with Gasteiger partial charge in [-0.25, -0.2) is 4.98 Å². The van der Waals surface area contributed by atoms with E-state index in [4.69, 9.17) is 0 Å². The zero-order valence-electron chi connectivity index (χ0n) is 14.5. The van der Waals surface area contributed by atoms with Gasteiger partial charge in [0, 0.05) is 43.9 Å². The summed E-state index contributed by atoms with van der Waals surface area (Å²) in [6.45, 7) is 4.45. The van der Waals surface area contributed by atoms with Crippen LogP contribution in [0.3, 0.4) is 0 Å². The van der Waals surface area contributed by atoms with Crippen molar-refractivity contribution in [3.63, 3.8) is 0 Å². The number of hydrogen-bond donors (Lipinski definition) is 0. The minimum Gasteiger partial charge on any atom is -0.341 e. The number of carbonyl (C=O) groups is 2. The molecule has 1 atom stereocenters. The Morgan fingerprint density at radius 3 is 2.92 bits per heavy atom. The number of carbonyl (C=O) groups excluding carboxylic acids is 2. The molecule has 0 aromatic carbocycles. The van der Waals surface area contributed by atoms with Crippen LogP contribution in [0.2, 0.25) is 0 Å². The lowest BCUT2D eigenvalue weighted by Crippen LogP contribution is -2.49. The molecule has 1 aromatic heterocycles. The first-order valence-corrected chi connectivity index (χ1v) is 9.99. The first-order valence-electron chi connectivity index (χ1n) is 9.12. The molecule has 2 aliphatic rings. The van der Waals surface area contributed by atoms with Gasteiger partial charge >= 0.3 is 0 Å². The Morgan fingerprint density at radius 2 is 2.21 bits per heavy atom. The molecule has 3 heterocycles. The summed E-state index contributed by atoms with van der Waals surface area (Å²) in [5.74, 6) is 0.505. The molecule has 0 aliphatic carbocycles. The fraction of sp³-hybridized carbons (Fsp3) is 0.722. The van der Waals surface area contributed by atoms with Gasteiger partial charge in [-0.15, -0.1) is 11.3 Å². The third-order valence-corrected chi connectivity index (χ3v) is 5.86. The van der Waals surface area contributed by atoms with Gasteiger partial charge in [0.05, 0.1) is 10.7 Å². The minimum atomic E-state index is 0.217. The third-order valence-electron chi connectivity index (χ3n) is 5.04. The van der Waals surface area contributed by atoms with Crippen LogP contribution in [0.4, 0.5) is 0 Å². The van der Waals surface area contributed by atoms with Crippen LogP contribution < -0.4 is 0 Å². The second kappa shape index (κ2) is 8.10. The molecule has 0 unspecified atom stereocenters. The van der Waals surface area contributed by atoms with Crippen LogP contribution in [-0.2, 0) is 16.0 Å². The molecule has 0 bridgehead atoms. The van der Waals surface area contributed by atoms with E-state index in [0.717, 1.165) is 68.9 Å². The Kier molecular flexibility index (Phi) is 5.87. The van der Waals surface area contributed by atoms with Crippen molar-refractivity contribution in [1.29, 1.82) is 0 Å². The first-order chi connectivity index (χ1) is 11.6. The molecule has 6 heteroatoms. The lowest BCUT2D eigenvalue weighted by Gasteiger charge is -2.38. The average molecular weight is 350 g/mol. The van der Waals surface area contributed by atoms with Gasteiger partial charge in [-0.05, 0) is 45.4 Å². The highest BCUT2D eigenvalue weighted by molar-refractivity contribution is 7.09. The standard InChI is InChI=1S/C18H27N3O2S/c1-14-19-15(13-24-14)6-4-8-18(23)21-11-3-2-7-16(21)12-20-10-5-9-17(20)22/h13,16H,2-12H2,1H3/t16-/m0/s1. The van der Waals surface area contributed by atoms with Crippen molar-refractivity contribution in [2.24, 2.45) is 0 Å². The fourth-order valence-corrected chi connectivity index (χ4v) is 4.40. The number of amides is 2. The Balaban J connectivity index is 1.50. The minimum absolute atomic E-state index is 0.217. The summed E-state index contributed by atoms with van der Waals surface area (Å²) in [5.41, 5.74) is 1.10. The smallest absolute Gasteiger partial charge is 0.222 e. The second-order valence-electron chi connectivity index (χ2n) is 6.89. The van der Waals surface area contributed by atoms with Crippen LogP contribution in [0, 0.1) is 6.92 Å². The summed E-state index contributed by atoms with van der Waals surface area (Å²) in [6.07, 6.45) is 7.23. The Morgan fingerprint density at radius 1 is 1.33 bits per heavy atom. The molecular weight excluding hydrogens is 322 g/mol. The van der Waals surface area contributed by atoms with Crippen molar-refractivity contribution >= 4 is 23.2 Å². The van der Waals surface area contributed by atoms with Gasteiger partial charge < -0.3 is 9.80 Å². The molecule has 0 saturated carbocycles. The predicted octanol–water partition coefficient (Wildman–Crippen LogP) is 2.78. The van der Waals surface area contributed by atoms with E-state index in [0.29, 0.717) is 12.8 Å². The van der Waals surface area contributed by atoms with Crippen LogP contribution >= 0.6 is 11.3 Å². The average Bonchev–Trinajstić information content (AvgIpc) is 3.17. The summed E-state index contributed by atoms with van der Waals surface area (Å²) in [5, 5.41) is 3.17. The topological polar surface area (TPSA) is 53.5 Å². The molecule has 2 aliphatic heterocycles. The Labute approximate surface area is 148 Å². The highest BCUT2D eigenvalue weighted by atomic mass is 32.1. The molecule has 24 heavy (non-hydrogen) atoms. The number of nitrogens with zero attached hydrogens (tertiary/aromatic N) is 3. The number of aromatic nitrogens is 1. The molecule has 2 saturated heterocycles. The number of piperidine rings is 1. The highest BCUT2D eigenvalue weighted by Crippen LogP contribution is 2.22. The van der Waals surface area contributed by atoms with Crippen LogP contribution in [0.5, 0.6) is 0 Å². The molecular formula is C18H27N3O2S. The highest BCUT2D eigenvalue weighted by Gasteiger charge is 2.30. The normalized spacial score (nSPS) is 21.5. The largest absolute Gasteiger partial charge is 0.341 e. The van der Waals surface area contributed by atoms with E-state index in [9.17, 15) is 9.59 Å². The van der Waals surface area contributed by atoms with E-state index in [1.807, 2.05) is 16.7 Å². The molecule has 1 aromatic rings. The van der Waals surface area contributed by atoms with Crippen molar-refractivity contribution in [2.75, 3.05) is 19.6 Å². The van der Waals surface area contributed by atoms with Gasteiger partial charge in [-0.3, -0.25) is 9.59 Å². The third kappa shape index (κ3) is 4.35. The molecule has 132 valence electrons. The first kappa shape index (κ1) is 17.4. The van der Waals surface area contributed by atoms with Crippen molar-refractivity contribution in [3.8, 4) is 0 Å². The van der Waals surface area contributed by atoms with Gasteiger partial charge in [0.1, 0.15) is 0 Å². The van der Waals surface area contributed by atoms with Crippen molar-refractivity contribution in [1.82, 2.24) is 14.8 Å². The summed E-state index contributed by atoms with van der Waals surface area (Å²) in [6, 6.07) is 0.217. The number of aryl methyl sites for hydroxylation is 2. The summed E-state index contributed by atoms with van der Waals surface area (Å²) in [7, 11) is 0. The van der Waals surface area contributed by atoms with E-state index in [1.54, 1.807) is 11.3 Å². The van der Waals surface area contributed by atoms with E-state index < -0.39 is 0 Å². The lowest BCUT2D eigenvalue weighted by molar-refractivity contribution is -0.137. The molecule has 0 spiro atoms. The maximum atomic E-state index is 12.7. The van der Waals surface area contributed by atoms with E-state index in [1.165, 1.54) is 0 Å². The van der Waals surface area contributed by atoms with Crippen LogP contribution in [0.1, 0.15) is 55.6 Å². The maximum absolute atomic E-state index is 12.7. The molecule has 2 fully saturated rings. The zero-order valence-corrected chi connectivity index (χ0v) is 15.3. The van der Waals surface area contributed by atoms with Crippen LogP contribution in [-0.4, -0.2) is 52.3 Å². The van der Waals surface area contributed by atoms with Gasteiger partial charge in [-0.1, -0.05) is 0 Å². The van der Waals surface area contributed by atoms with Gasteiger partial charge in [0.25, 0.3) is 0 Å². The fourth-order valence-electron chi connectivity index (χ4n) is 3.76. The Bertz CT molecular complexity index is 587. The van der Waals surface area contributed by atoms with Gasteiger partial charge in [-0.2, -0.15) is 0 Å². The monoisotopic (exact) mass is 349 g/mol. The van der Waals surface area contributed by atoms with E-state index in [-0.39, 0.29) is 17.9 Å². The lowest BCUT2D eigenvalue weighted by atomic mass is 10.0. The van der Waals surface area contributed by atoms with Gasteiger partial charge in [0.15, 0.2) is 0 Å². The summed E-state index contributed by atoms with van der Waals surface area (Å²) in [4.78, 5) is 33.0. The molecule has 3 rings (SSSR count). The van der Waals surface area contributed by atoms with Crippen LogP contribution in [0.25, 0.3) is 0 Å². The number of thiazole rings is 1. The number of hydrogen-bond acceptors (Lipinski definition) is 4. The zero-order chi connectivity index (χ0) is 16.9. The summed E-state index contributed by atoms with van der Waals surface area (Å²) < 4.78 is 0. The second-order valence-corrected chi connectivity index (χ2v) is 7.95. The van der Waals surface area contributed by atoms with Gasteiger partial charge in [0.2, 0.25) is 11.8 Å². The van der Waals surface area contributed by atoms with E-state index in [2.05, 4.69) is 10.4 Å². The van der Waals surface area contributed by atoms with E-state index >= 15 is 0 Å². The van der Waals surface area contributed by atoms with Crippen molar-refractivity contribution in [3.05, 3.63) is 16.1 Å². The van der Waals surface area contributed by atoms with Crippen molar-refractivity contribution < 1.29 is 9.59 Å². The molecule has 5 nitrogen and oxygen atoms in total.